The van der Waals surface area contributed by atoms with Gasteiger partial charge in [0.15, 0.2) is 0 Å². The summed E-state index contributed by atoms with van der Waals surface area (Å²) in [5.74, 6) is 1.88. The van der Waals surface area contributed by atoms with Crippen LogP contribution >= 0.6 is 0 Å². The third-order valence-electron chi connectivity index (χ3n) is 3.26. The summed E-state index contributed by atoms with van der Waals surface area (Å²) in [5, 5.41) is 0. The van der Waals surface area contributed by atoms with Gasteiger partial charge in [-0.05, 0) is 38.0 Å². The Morgan fingerprint density at radius 3 is 2.47 bits per heavy atom. The van der Waals surface area contributed by atoms with E-state index in [0.717, 1.165) is 18.3 Å². The molecule has 15 heavy (non-hydrogen) atoms. The number of hydrogen-bond donors (Lipinski definition) is 0. The van der Waals surface area contributed by atoms with Gasteiger partial charge in [-0.3, -0.25) is 4.79 Å². The van der Waals surface area contributed by atoms with Crippen molar-refractivity contribution in [3.8, 4) is 0 Å². The van der Waals surface area contributed by atoms with Crippen molar-refractivity contribution >= 4 is 5.97 Å². The van der Waals surface area contributed by atoms with E-state index in [1.54, 1.807) is 0 Å². The lowest BCUT2D eigenvalue weighted by atomic mass is 10.1. The average Bonchev–Trinajstić information content (AvgIpc) is 2.94. The average molecular weight is 212 g/mol. The molecule has 0 heterocycles. The monoisotopic (exact) mass is 212 g/mol. The molecule has 2 unspecified atom stereocenters. The van der Waals surface area contributed by atoms with Gasteiger partial charge < -0.3 is 4.74 Å². The highest BCUT2D eigenvalue weighted by Gasteiger charge is 2.35. The van der Waals surface area contributed by atoms with E-state index in [1.807, 2.05) is 6.92 Å². The van der Waals surface area contributed by atoms with Crippen LogP contribution < -0.4 is 0 Å². The van der Waals surface area contributed by atoms with Gasteiger partial charge in [0.05, 0.1) is 6.61 Å². The van der Waals surface area contributed by atoms with Gasteiger partial charge >= 0.3 is 5.97 Å². The highest BCUT2D eigenvalue weighted by molar-refractivity contribution is 5.69. The van der Waals surface area contributed by atoms with E-state index >= 15 is 0 Å². The lowest BCUT2D eigenvalue weighted by Crippen LogP contribution is -2.03. The van der Waals surface area contributed by atoms with Crippen LogP contribution in [0.25, 0.3) is 0 Å². The molecule has 0 radical (unpaired) electrons. The van der Waals surface area contributed by atoms with Gasteiger partial charge in [-0.2, -0.15) is 0 Å². The minimum atomic E-state index is -0.0248. The smallest absolute Gasteiger partial charge is 0.305 e. The SMILES string of the molecule is CCCCC1CC1CCCC(=O)OCC. The predicted molar refractivity (Wildman–Crippen MR) is 61.6 cm³/mol. The Bertz CT molecular complexity index is 189. The molecule has 1 rings (SSSR count). The molecule has 1 aliphatic carbocycles. The van der Waals surface area contributed by atoms with E-state index in [0.29, 0.717) is 13.0 Å². The molecule has 0 bridgehead atoms. The third-order valence-corrected chi connectivity index (χ3v) is 3.26. The molecule has 2 heteroatoms. The number of ether oxygens (including phenoxy) is 1. The van der Waals surface area contributed by atoms with Crippen molar-refractivity contribution in [3.05, 3.63) is 0 Å². The van der Waals surface area contributed by atoms with E-state index in [-0.39, 0.29) is 5.97 Å². The summed E-state index contributed by atoms with van der Waals surface area (Å²) in [6, 6.07) is 0. The number of rotatable bonds is 8. The fourth-order valence-electron chi connectivity index (χ4n) is 2.23. The van der Waals surface area contributed by atoms with Gasteiger partial charge in [-0.15, -0.1) is 0 Å². The molecule has 0 aromatic carbocycles. The molecule has 1 aliphatic rings. The molecule has 0 N–H and O–H groups in total. The van der Waals surface area contributed by atoms with Gasteiger partial charge in [0.2, 0.25) is 0 Å². The predicted octanol–water partition coefficient (Wildman–Crippen LogP) is 3.55. The first-order valence-electron chi connectivity index (χ1n) is 6.43. The molecule has 0 spiro atoms. The molecule has 1 saturated carbocycles. The van der Waals surface area contributed by atoms with E-state index in [9.17, 15) is 4.79 Å². The largest absolute Gasteiger partial charge is 0.466 e. The van der Waals surface area contributed by atoms with Crippen molar-refractivity contribution in [2.75, 3.05) is 6.61 Å². The highest BCUT2D eigenvalue weighted by Crippen LogP contribution is 2.45. The molecule has 88 valence electrons. The van der Waals surface area contributed by atoms with Crippen LogP contribution in [0, 0.1) is 11.8 Å². The molecule has 0 aliphatic heterocycles. The van der Waals surface area contributed by atoms with Crippen molar-refractivity contribution in [2.45, 2.75) is 58.8 Å². The van der Waals surface area contributed by atoms with Crippen molar-refractivity contribution in [1.82, 2.24) is 0 Å². The van der Waals surface area contributed by atoms with Crippen LogP contribution in [-0.4, -0.2) is 12.6 Å². The standard InChI is InChI=1S/C13H24O2/c1-3-5-7-11-10-12(11)8-6-9-13(14)15-4-2/h11-12H,3-10H2,1-2H3. The fourth-order valence-corrected chi connectivity index (χ4v) is 2.23. The van der Waals surface area contributed by atoms with Crippen molar-refractivity contribution in [1.29, 1.82) is 0 Å². The molecule has 2 atom stereocenters. The summed E-state index contributed by atoms with van der Waals surface area (Å²) in [5.41, 5.74) is 0. The quantitative estimate of drug-likeness (QED) is 0.575. The van der Waals surface area contributed by atoms with E-state index < -0.39 is 0 Å². The Labute approximate surface area is 93.4 Å². The van der Waals surface area contributed by atoms with Crippen LogP contribution in [0.4, 0.5) is 0 Å². The molecule has 0 saturated heterocycles. The van der Waals surface area contributed by atoms with Gasteiger partial charge in [-0.25, -0.2) is 0 Å². The van der Waals surface area contributed by atoms with Gasteiger partial charge in [0.1, 0.15) is 0 Å². The zero-order valence-electron chi connectivity index (χ0n) is 10.1. The summed E-state index contributed by atoms with van der Waals surface area (Å²) in [6.07, 6.45) is 8.36. The summed E-state index contributed by atoms with van der Waals surface area (Å²) < 4.78 is 4.90. The Balaban J connectivity index is 1.92. The summed E-state index contributed by atoms with van der Waals surface area (Å²) in [4.78, 5) is 11.1. The molecule has 1 fully saturated rings. The number of hydrogen-bond acceptors (Lipinski definition) is 2. The number of unbranched alkanes of at least 4 members (excludes halogenated alkanes) is 1. The van der Waals surface area contributed by atoms with Crippen LogP contribution in [0.15, 0.2) is 0 Å². The van der Waals surface area contributed by atoms with Crippen molar-refractivity contribution < 1.29 is 9.53 Å². The van der Waals surface area contributed by atoms with Gasteiger partial charge in [0.25, 0.3) is 0 Å². The van der Waals surface area contributed by atoms with Crippen LogP contribution in [0.5, 0.6) is 0 Å². The molecule has 2 nitrogen and oxygen atoms in total. The Morgan fingerprint density at radius 1 is 1.20 bits per heavy atom. The van der Waals surface area contributed by atoms with Crippen molar-refractivity contribution in [3.63, 3.8) is 0 Å². The third kappa shape index (κ3) is 5.19. The Kier molecular flexibility index (Phi) is 5.74. The zero-order valence-corrected chi connectivity index (χ0v) is 10.1. The summed E-state index contributed by atoms with van der Waals surface area (Å²) >= 11 is 0. The normalized spacial score (nSPS) is 23.9. The first-order valence-corrected chi connectivity index (χ1v) is 6.43. The first kappa shape index (κ1) is 12.5. The highest BCUT2D eigenvalue weighted by atomic mass is 16.5. The molecule has 0 aromatic rings. The maximum absolute atomic E-state index is 11.1. The Hall–Kier alpha value is -0.530. The number of esters is 1. The summed E-state index contributed by atoms with van der Waals surface area (Å²) in [6.45, 7) is 4.62. The lowest BCUT2D eigenvalue weighted by molar-refractivity contribution is -0.143. The van der Waals surface area contributed by atoms with E-state index in [2.05, 4.69) is 6.92 Å². The van der Waals surface area contributed by atoms with Gasteiger partial charge in [-0.1, -0.05) is 26.2 Å². The molecular weight excluding hydrogens is 188 g/mol. The topological polar surface area (TPSA) is 26.3 Å². The molecule has 0 amide bonds. The van der Waals surface area contributed by atoms with Crippen molar-refractivity contribution in [2.24, 2.45) is 11.8 Å². The second-order valence-electron chi connectivity index (χ2n) is 4.60. The van der Waals surface area contributed by atoms with Crippen LogP contribution in [0.1, 0.15) is 58.8 Å². The van der Waals surface area contributed by atoms with Crippen LogP contribution in [-0.2, 0) is 9.53 Å². The maximum Gasteiger partial charge on any atom is 0.305 e. The van der Waals surface area contributed by atoms with E-state index in [1.165, 1.54) is 32.1 Å². The summed E-state index contributed by atoms with van der Waals surface area (Å²) in [7, 11) is 0. The van der Waals surface area contributed by atoms with E-state index in [4.69, 9.17) is 4.74 Å². The molecule has 0 aromatic heterocycles. The Morgan fingerprint density at radius 2 is 1.87 bits per heavy atom. The molecular formula is C13H24O2. The minimum Gasteiger partial charge on any atom is -0.466 e. The fraction of sp³-hybridized carbons (Fsp3) is 0.923. The lowest BCUT2D eigenvalue weighted by Gasteiger charge is -2.01. The van der Waals surface area contributed by atoms with Crippen LogP contribution in [0.2, 0.25) is 0 Å². The minimum absolute atomic E-state index is 0.0248. The van der Waals surface area contributed by atoms with Gasteiger partial charge in [0, 0.05) is 6.42 Å². The second-order valence-corrected chi connectivity index (χ2v) is 4.60. The van der Waals surface area contributed by atoms with Crippen LogP contribution in [0.3, 0.4) is 0 Å². The number of carbonyl (C=O) groups is 1. The first-order chi connectivity index (χ1) is 7.27. The zero-order chi connectivity index (χ0) is 11.1. The number of carbonyl (C=O) groups excluding carboxylic acids is 1. The maximum atomic E-state index is 11.1. The second kappa shape index (κ2) is 6.86.